The van der Waals surface area contributed by atoms with E-state index in [9.17, 15) is 0 Å². The van der Waals surface area contributed by atoms with Crippen LogP contribution < -0.4 is 10.5 Å². The third kappa shape index (κ3) is 1.69. The fraction of sp³-hybridized carbons (Fsp3) is 0.200. The number of hydrogen-bond acceptors (Lipinski definition) is 5. The Balaban J connectivity index is 2.60. The molecule has 1 aromatic heterocycles. The summed E-state index contributed by atoms with van der Waals surface area (Å²) in [4.78, 5) is 0. The second-order valence-electron chi connectivity index (χ2n) is 3.03. The van der Waals surface area contributed by atoms with Gasteiger partial charge in [0.2, 0.25) is 0 Å². The van der Waals surface area contributed by atoms with E-state index >= 15 is 0 Å². The van der Waals surface area contributed by atoms with Gasteiger partial charge in [-0.05, 0) is 17.3 Å². The molecule has 0 atom stereocenters. The highest BCUT2D eigenvalue weighted by molar-refractivity contribution is 6.32. The summed E-state index contributed by atoms with van der Waals surface area (Å²) in [5.74, 6) is 0.250. The number of hydrogen-bond donors (Lipinski definition) is 1. The zero-order chi connectivity index (χ0) is 11.5. The van der Waals surface area contributed by atoms with Crippen LogP contribution in [0.3, 0.4) is 0 Å². The second-order valence-corrected chi connectivity index (χ2v) is 3.44. The van der Waals surface area contributed by atoms with Crippen LogP contribution in [0.1, 0.15) is 5.56 Å². The molecule has 0 aliphatic rings. The van der Waals surface area contributed by atoms with E-state index in [2.05, 4.69) is 5.16 Å². The molecule has 0 saturated carbocycles. The molecule has 1 aromatic carbocycles. The highest BCUT2D eigenvalue weighted by atomic mass is 35.5. The average Bonchev–Trinajstić information content (AvgIpc) is 2.70. The normalized spacial score (nSPS) is 10.3. The summed E-state index contributed by atoms with van der Waals surface area (Å²) in [6.45, 7) is 0.663. The van der Waals surface area contributed by atoms with Gasteiger partial charge in [-0.15, -0.1) is 0 Å². The van der Waals surface area contributed by atoms with Gasteiger partial charge >= 0.3 is 0 Å². The molecular weight excluding hydrogens is 230 g/mol. The van der Waals surface area contributed by atoms with E-state index in [0.717, 1.165) is 0 Å². The first kappa shape index (κ1) is 10.7. The Bertz CT molecular complexity index is 559. The summed E-state index contributed by atoms with van der Waals surface area (Å²) in [6, 6.07) is 5.22. The first-order chi connectivity index (χ1) is 7.77. The quantitative estimate of drug-likeness (QED) is 0.878. The van der Waals surface area contributed by atoms with Gasteiger partial charge in [0.1, 0.15) is 18.1 Å². The SMILES string of the molecule is N#Cc1c(Cl)ccc2onc(OCCN)c12. The van der Waals surface area contributed by atoms with E-state index in [1.54, 1.807) is 12.1 Å². The van der Waals surface area contributed by atoms with Crippen molar-refractivity contribution in [1.29, 1.82) is 5.26 Å². The van der Waals surface area contributed by atoms with Crippen LogP contribution in [0.4, 0.5) is 0 Å². The topological polar surface area (TPSA) is 85.1 Å². The van der Waals surface area contributed by atoms with Crippen molar-refractivity contribution in [3.63, 3.8) is 0 Å². The lowest BCUT2D eigenvalue weighted by Gasteiger charge is -2.00. The van der Waals surface area contributed by atoms with Crippen molar-refractivity contribution < 1.29 is 9.26 Å². The van der Waals surface area contributed by atoms with Crippen LogP contribution in [0.15, 0.2) is 16.7 Å². The summed E-state index contributed by atoms with van der Waals surface area (Å²) in [5.41, 5.74) is 6.08. The lowest BCUT2D eigenvalue weighted by molar-refractivity contribution is 0.293. The number of aromatic nitrogens is 1. The Labute approximate surface area is 96.3 Å². The first-order valence-corrected chi connectivity index (χ1v) is 4.96. The van der Waals surface area contributed by atoms with Gasteiger partial charge in [-0.3, -0.25) is 0 Å². The zero-order valence-electron chi connectivity index (χ0n) is 8.24. The van der Waals surface area contributed by atoms with Gasteiger partial charge in [-0.1, -0.05) is 11.6 Å². The number of fused-ring (bicyclic) bond motifs is 1. The molecular formula is C10H8ClN3O2. The number of rotatable bonds is 3. The number of nitrogens with two attached hydrogens (primary N) is 1. The third-order valence-electron chi connectivity index (χ3n) is 2.03. The highest BCUT2D eigenvalue weighted by Crippen LogP contribution is 2.32. The van der Waals surface area contributed by atoms with E-state index in [0.29, 0.717) is 34.7 Å². The number of benzene rings is 1. The van der Waals surface area contributed by atoms with E-state index < -0.39 is 0 Å². The Kier molecular flexibility index (Phi) is 2.95. The lowest BCUT2D eigenvalue weighted by Crippen LogP contribution is -2.10. The predicted octanol–water partition coefficient (Wildman–Crippen LogP) is 1.69. The maximum absolute atomic E-state index is 9.00. The maximum Gasteiger partial charge on any atom is 0.263 e. The van der Waals surface area contributed by atoms with Crippen molar-refractivity contribution >= 4 is 22.6 Å². The van der Waals surface area contributed by atoms with Gasteiger partial charge in [-0.2, -0.15) is 5.26 Å². The monoisotopic (exact) mass is 237 g/mol. The Morgan fingerprint density at radius 2 is 2.38 bits per heavy atom. The molecule has 0 spiro atoms. The molecule has 0 bridgehead atoms. The van der Waals surface area contributed by atoms with Gasteiger partial charge in [0.05, 0.1) is 10.6 Å². The molecule has 0 fully saturated rings. The van der Waals surface area contributed by atoms with Crippen LogP contribution in [0.5, 0.6) is 5.88 Å². The minimum Gasteiger partial charge on any atom is -0.474 e. The van der Waals surface area contributed by atoms with E-state index in [1.165, 1.54) is 0 Å². The van der Waals surface area contributed by atoms with E-state index in [1.807, 2.05) is 6.07 Å². The number of nitriles is 1. The largest absolute Gasteiger partial charge is 0.474 e. The van der Waals surface area contributed by atoms with Gasteiger partial charge in [-0.25, -0.2) is 0 Å². The fourth-order valence-electron chi connectivity index (χ4n) is 1.35. The molecule has 2 aromatic rings. The van der Waals surface area contributed by atoms with E-state index in [4.69, 9.17) is 31.9 Å². The van der Waals surface area contributed by atoms with Crippen LogP contribution in [0.2, 0.25) is 5.02 Å². The van der Waals surface area contributed by atoms with Gasteiger partial charge in [0.15, 0.2) is 5.58 Å². The van der Waals surface area contributed by atoms with Crippen LogP contribution >= 0.6 is 11.6 Å². The molecule has 2 N–H and O–H groups in total. The molecule has 0 aliphatic carbocycles. The molecule has 0 amide bonds. The standard InChI is InChI=1S/C10H8ClN3O2/c11-7-1-2-8-9(6(7)5-13)10(14-16-8)15-4-3-12/h1-2H,3-4,12H2. The van der Waals surface area contributed by atoms with Crippen LogP contribution in [0.25, 0.3) is 11.0 Å². The summed E-state index contributed by atoms with van der Waals surface area (Å²) in [6.07, 6.45) is 0. The molecule has 6 heteroatoms. The Morgan fingerprint density at radius 1 is 1.56 bits per heavy atom. The highest BCUT2D eigenvalue weighted by Gasteiger charge is 2.16. The van der Waals surface area contributed by atoms with Crippen molar-refractivity contribution in [3.8, 4) is 11.9 Å². The lowest BCUT2D eigenvalue weighted by atomic mass is 10.1. The number of halogens is 1. The number of nitrogens with zero attached hydrogens (tertiary/aromatic N) is 2. The van der Waals surface area contributed by atoms with Gasteiger partial charge < -0.3 is 15.0 Å². The molecule has 5 nitrogen and oxygen atoms in total. The minimum atomic E-state index is 0.250. The van der Waals surface area contributed by atoms with Crippen LogP contribution in [-0.4, -0.2) is 18.3 Å². The van der Waals surface area contributed by atoms with Crippen LogP contribution in [-0.2, 0) is 0 Å². The zero-order valence-corrected chi connectivity index (χ0v) is 8.99. The minimum absolute atomic E-state index is 0.250. The van der Waals surface area contributed by atoms with Crippen molar-refractivity contribution in [2.24, 2.45) is 5.73 Å². The summed E-state index contributed by atoms with van der Waals surface area (Å²) in [7, 11) is 0. The van der Waals surface area contributed by atoms with Crippen molar-refractivity contribution in [2.75, 3.05) is 13.2 Å². The molecule has 0 saturated heterocycles. The summed E-state index contributed by atoms with van der Waals surface area (Å²) >= 11 is 5.89. The van der Waals surface area contributed by atoms with Crippen molar-refractivity contribution in [2.45, 2.75) is 0 Å². The van der Waals surface area contributed by atoms with Crippen molar-refractivity contribution in [3.05, 3.63) is 22.7 Å². The molecule has 16 heavy (non-hydrogen) atoms. The Hall–Kier alpha value is -1.77. The molecule has 0 unspecified atom stereocenters. The second kappa shape index (κ2) is 4.39. The number of ether oxygens (including phenoxy) is 1. The fourth-order valence-corrected chi connectivity index (χ4v) is 1.55. The van der Waals surface area contributed by atoms with E-state index in [-0.39, 0.29) is 5.88 Å². The maximum atomic E-state index is 9.00. The molecule has 2 rings (SSSR count). The Morgan fingerprint density at radius 3 is 3.06 bits per heavy atom. The van der Waals surface area contributed by atoms with Gasteiger partial charge in [0, 0.05) is 6.54 Å². The summed E-state index contributed by atoms with van der Waals surface area (Å²) in [5, 5.41) is 13.6. The predicted molar refractivity (Wildman–Crippen MR) is 58.3 cm³/mol. The summed E-state index contributed by atoms with van der Waals surface area (Å²) < 4.78 is 10.3. The molecule has 82 valence electrons. The van der Waals surface area contributed by atoms with Gasteiger partial charge in [0.25, 0.3) is 5.88 Å². The third-order valence-corrected chi connectivity index (χ3v) is 2.34. The van der Waals surface area contributed by atoms with Crippen molar-refractivity contribution in [1.82, 2.24) is 5.16 Å². The average molecular weight is 238 g/mol. The smallest absolute Gasteiger partial charge is 0.263 e. The molecule has 0 radical (unpaired) electrons. The first-order valence-electron chi connectivity index (χ1n) is 4.58. The van der Waals surface area contributed by atoms with Crippen LogP contribution in [0, 0.1) is 11.3 Å². The molecule has 1 heterocycles. The molecule has 0 aliphatic heterocycles.